The molecule has 0 saturated carbocycles. The second-order valence-corrected chi connectivity index (χ2v) is 5.27. The number of fused-ring (bicyclic) bond motifs is 1. The van der Waals surface area contributed by atoms with E-state index in [1.165, 1.54) is 6.07 Å². The lowest BCUT2D eigenvalue weighted by molar-refractivity contribution is -0.130. The van der Waals surface area contributed by atoms with E-state index in [1.807, 2.05) is 0 Å². The van der Waals surface area contributed by atoms with Crippen molar-refractivity contribution in [3.8, 4) is 5.75 Å². The molecule has 0 amide bonds. The van der Waals surface area contributed by atoms with Gasteiger partial charge in [-0.1, -0.05) is 15.9 Å². The van der Waals surface area contributed by atoms with E-state index in [-0.39, 0.29) is 11.3 Å². The first-order valence-corrected chi connectivity index (χ1v) is 6.32. The summed E-state index contributed by atoms with van der Waals surface area (Å²) in [6, 6.07) is 2.99. The zero-order chi connectivity index (χ0) is 13.5. The van der Waals surface area contributed by atoms with E-state index in [1.54, 1.807) is 6.07 Å². The van der Waals surface area contributed by atoms with E-state index < -0.39 is 17.7 Å². The lowest BCUT2D eigenvalue weighted by Gasteiger charge is -2.23. The molecule has 0 radical (unpaired) electrons. The Morgan fingerprint density at radius 1 is 1.33 bits per heavy atom. The summed E-state index contributed by atoms with van der Waals surface area (Å²) >= 11 is 8.66. The van der Waals surface area contributed by atoms with Crippen LogP contribution in [0.1, 0.15) is 16.5 Å². The molecule has 1 aromatic carbocycles. The van der Waals surface area contributed by atoms with Crippen LogP contribution in [0.15, 0.2) is 16.6 Å². The molecule has 18 heavy (non-hydrogen) atoms. The minimum atomic E-state index is -4.30. The number of hydrogen-bond acceptors (Lipinski definition) is 1. The van der Waals surface area contributed by atoms with Gasteiger partial charge in [0.05, 0.1) is 6.61 Å². The fraction of sp³-hybridized carbons (Fsp3) is 0.455. The average Bonchev–Trinajstić information content (AvgIpc) is 2.74. The summed E-state index contributed by atoms with van der Waals surface area (Å²) in [7, 11) is 0. The van der Waals surface area contributed by atoms with Crippen LogP contribution in [0.5, 0.6) is 5.75 Å². The fourth-order valence-corrected chi connectivity index (χ4v) is 2.58. The molecular formula is C11H8BrClF4O. The molecule has 1 nitrogen and oxygen atoms in total. The third-order valence-electron chi connectivity index (χ3n) is 2.68. The number of alkyl halides is 5. The van der Waals surface area contributed by atoms with Crippen molar-refractivity contribution in [1.82, 2.24) is 0 Å². The van der Waals surface area contributed by atoms with Crippen LogP contribution in [0.3, 0.4) is 0 Å². The van der Waals surface area contributed by atoms with Crippen LogP contribution >= 0.6 is 27.5 Å². The summed E-state index contributed by atoms with van der Waals surface area (Å²) in [4.78, 5) is 0. The Labute approximate surface area is 114 Å². The molecule has 0 aliphatic carbocycles. The van der Waals surface area contributed by atoms with Gasteiger partial charge in [-0.15, -0.1) is 11.6 Å². The maximum absolute atomic E-state index is 13.3. The fourth-order valence-electron chi connectivity index (χ4n) is 1.80. The van der Waals surface area contributed by atoms with Gasteiger partial charge in [0, 0.05) is 16.5 Å². The molecule has 0 spiro atoms. The molecule has 2 rings (SSSR count). The smallest absolute Gasteiger partial charge is 0.327 e. The largest absolute Gasteiger partial charge is 0.493 e. The number of halogens is 6. The Bertz CT molecular complexity index is 467. The Kier molecular flexibility index (Phi) is 3.78. The first-order chi connectivity index (χ1) is 8.34. The van der Waals surface area contributed by atoms with Crippen LogP contribution in [0.25, 0.3) is 0 Å². The zero-order valence-electron chi connectivity index (χ0n) is 8.90. The predicted molar refractivity (Wildman–Crippen MR) is 62.9 cm³/mol. The highest BCUT2D eigenvalue weighted by Crippen LogP contribution is 2.47. The first-order valence-electron chi connectivity index (χ1n) is 5.09. The molecule has 0 aromatic heterocycles. The molecule has 1 aliphatic heterocycles. The van der Waals surface area contributed by atoms with Crippen LogP contribution in [0.4, 0.5) is 17.6 Å². The monoisotopic (exact) mass is 346 g/mol. The number of rotatable bonds is 3. The van der Waals surface area contributed by atoms with Crippen molar-refractivity contribution in [2.45, 2.75) is 24.1 Å². The molecule has 1 unspecified atom stereocenters. The van der Waals surface area contributed by atoms with Crippen LogP contribution in [0, 0.1) is 0 Å². The SMILES string of the molecule is FC(F)C(F)(F)C(Cl)c1cc(Br)cc2c1OCC2. The molecule has 1 heterocycles. The van der Waals surface area contributed by atoms with Gasteiger partial charge in [-0.3, -0.25) is 0 Å². The molecule has 100 valence electrons. The molecule has 0 bridgehead atoms. The number of hydrogen-bond donors (Lipinski definition) is 0. The quantitative estimate of drug-likeness (QED) is 0.575. The van der Waals surface area contributed by atoms with Crippen molar-refractivity contribution in [2.24, 2.45) is 0 Å². The van der Waals surface area contributed by atoms with Gasteiger partial charge in [0.25, 0.3) is 0 Å². The number of ether oxygens (including phenoxy) is 1. The lowest BCUT2D eigenvalue weighted by atomic mass is 10.0. The molecule has 0 N–H and O–H groups in total. The second kappa shape index (κ2) is 4.89. The average molecular weight is 348 g/mol. The van der Waals surface area contributed by atoms with E-state index >= 15 is 0 Å². The normalized spacial score (nSPS) is 16.6. The van der Waals surface area contributed by atoms with Gasteiger partial charge in [0.15, 0.2) is 0 Å². The van der Waals surface area contributed by atoms with Crippen molar-refractivity contribution in [1.29, 1.82) is 0 Å². The molecule has 1 aliphatic rings. The molecule has 7 heteroatoms. The first kappa shape index (κ1) is 13.9. The maximum Gasteiger partial charge on any atom is 0.327 e. The Balaban J connectivity index is 2.46. The summed E-state index contributed by atoms with van der Waals surface area (Å²) in [6.07, 6.45) is -3.28. The van der Waals surface area contributed by atoms with Gasteiger partial charge in [-0.25, -0.2) is 8.78 Å². The summed E-state index contributed by atoms with van der Waals surface area (Å²) in [5, 5.41) is -2.12. The lowest BCUT2D eigenvalue weighted by Crippen LogP contribution is -2.31. The van der Waals surface area contributed by atoms with Crippen LogP contribution < -0.4 is 4.74 Å². The van der Waals surface area contributed by atoms with Gasteiger partial charge in [-0.05, 0) is 17.7 Å². The highest BCUT2D eigenvalue weighted by atomic mass is 79.9. The van der Waals surface area contributed by atoms with Crippen LogP contribution in [-0.2, 0) is 6.42 Å². The van der Waals surface area contributed by atoms with Crippen molar-refractivity contribution < 1.29 is 22.3 Å². The molecule has 1 aromatic rings. The van der Waals surface area contributed by atoms with Gasteiger partial charge in [0.2, 0.25) is 0 Å². The van der Waals surface area contributed by atoms with Crippen molar-refractivity contribution in [2.75, 3.05) is 6.61 Å². The summed E-state index contributed by atoms with van der Waals surface area (Å²) in [5.41, 5.74) is 0.582. The minimum absolute atomic E-state index is 0.108. The van der Waals surface area contributed by atoms with E-state index in [2.05, 4.69) is 15.9 Å². The topological polar surface area (TPSA) is 9.23 Å². The summed E-state index contributed by atoms with van der Waals surface area (Å²) in [5.74, 6) is -4.11. The van der Waals surface area contributed by atoms with Gasteiger partial charge in [-0.2, -0.15) is 8.78 Å². The van der Waals surface area contributed by atoms with E-state index in [0.717, 1.165) is 0 Å². The van der Waals surface area contributed by atoms with Gasteiger partial charge < -0.3 is 4.74 Å². The zero-order valence-corrected chi connectivity index (χ0v) is 11.2. The third kappa shape index (κ3) is 2.32. The standard InChI is InChI=1S/C11H8BrClF4O/c12-6-3-5-1-2-18-8(5)7(4-6)9(13)11(16,17)10(14)15/h3-4,9-10H,1-2H2. The Morgan fingerprint density at radius 2 is 2.00 bits per heavy atom. The van der Waals surface area contributed by atoms with Crippen LogP contribution in [0.2, 0.25) is 0 Å². The van der Waals surface area contributed by atoms with E-state index in [0.29, 0.717) is 23.1 Å². The molecule has 0 fully saturated rings. The van der Waals surface area contributed by atoms with Gasteiger partial charge in [0.1, 0.15) is 11.1 Å². The summed E-state index contributed by atoms with van der Waals surface area (Å²) in [6.45, 7) is 0.336. The highest BCUT2D eigenvalue weighted by Gasteiger charge is 2.50. The minimum Gasteiger partial charge on any atom is -0.493 e. The Morgan fingerprint density at radius 3 is 2.61 bits per heavy atom. The Hall–Kier alpha value is -0.490. The predicted octanol–water partition coefficient (Wildman–Crippen LogP) is 4.56. The highest BCUT2D eigenvalue weighted by molar-refractivity contribution is 9.10. The molecule has 1 atom stereocenters. The maximum atomic E-state index is 13.3. The third-order valence-corrected chi connectivity index (χ3v) is 3.66. The summed E-state index contributed by atoms with van der Waals surface area (Å²) < 4.78 is 56.9. The van der Waals surface area contributed by atoms with Gasteiger partial charge >= 0.3 is 12.3 Å². The van der Waals surface area contributed by atoms with Crippen molar-refractivity contribution >= 4 is 27.5 Å². The van der Waals surface area contributed by atoms with Crippen molar-refractivity contribution in [3.05, 3.63) is 27.7 Å². The number of benzene rings is 1. The van der Waals surface area contributed by atoms with Crippen LogP contribution in [-0.4, -0.2) is 19.0 Å². The second-order valence-electron chi connectivity index (χ2n) is 3.92. The van der Waals surface area contributed by atoms with E-state index in [4.69, 9.17) is 16.3 Å². The molecule has 0 saturated heterocycles. The van der Waals surface area contributed by atoms with E-state index in [9.17, 15) is 17.6 Å². The van der Waals surface area contributed by atoms with Crippen molar-refractivity contribution in [3.63, 3.8) is 0 Å². The molecular weight excluding hydrogens is 339 g/mol.